The quantitative estimate of drug-likeness (QED) is 0.568. The number of benzene rings is 1. The number of urea groups is 1. The maximum absolute atomic E-state index is 13.2. The molecule has 37 heavy (non-hydrogen) atoms. The number of anilines is 1. The Hall–Kier alpha value is -3.57. The van der Waals surface area contributed by atoms with Gasteiger partial charge in [0.05, 0.1) is 0 Å². The second-order valence-corrected chi connectivity index (χ2v) is 10.8. The number of likely N-dealkylation sites (tertiary alicyclic amines) is 1. The molecule has 0 unspecified atom stereocenters. The van der Waals surface area contributed by atoms with E-state index in [0.29, 0.717) is 37.7 Å². The lowest BCUT2D eigenvalue weighted by Gasteiger charge is -2.42. The van der Waals surface area contributed by atoms with E-state index in [9.17, 15) is 14.4 Å². The monoisotopic (exact) mass is 519 g/mol. The third-order valence-electron chi connectivity index (χ3n) is 7.59. The molecule has 3 amide bonds. The first-order valence-corrected chi connectivity index (χ1v) is 13.5. The highest BCUT2D eigenvalue weighted by molar-refractivity contribution is 7.10. The molecule has 0 radical (unpaired) electrons. The smallest absolute Gasteiger partial charge is 0.322 e. The van der Waals surface area contributed by atoms with Crippen molar-refractivity contribution in [1.29, 1.82) is 0 Å². The molecule has 11 heteroatoms. The molecule has 3 aliphatic heterocycles. The summed E-state index contributed by atoms with van der Waals surface area (Å²) in [5.41, 5.74) is 2.46. The summed E-state index contributed by atoms with van der Waals surface area (Å²) >= 11 is 1.03. The van der Waals surface area contributed by atoms with E-state index in [2.05, 4.69) is 31.9 Å². The van der Waals surface area contributed by atoms with E-state index in [4.69, 9.17) is 0 Å². The summed E-state index contributed by atoms with van der Waals surface area (Å²) in [6.07, 6.45) is 0.968. The number of piperazine rings is 1. The number of piperidine rings is 1. The van der Waals surface area contributed by atoms with E-state index < -0.39 is 0 Å². The lowest BCUT2D eigenvalue weighted by atomic mass is 9.83. The summed E-state index contributed by atoms with van der Waals surface area (Å²) in [7, 11) is 0. The lowest BCUT2D eigenvalue weighted by Crippen LogP contribution is -2.50. The molecule has 5 heterocycles. The molecule has 0 aliphatic carbocycles. The standard InChI is InChI=1S/C26H29N7O3S/c34-22-8-4-7-21-20-13-19(16-33(21)22)15-32(17-20)26(36)27-24-23(28-29-37-24)25(35)31-11-9-30(10-12-31)14-18-5-2-1-3-6-18/h1-8,19-20H,9-17H2,(H,27,36)/t19-,20-/m1/s1. The number of rotatable bonds is 4. The van der Waals surface area contributed by atoms with Crippen molar-refractivity contribution >= 4 is 28.5 Å². The second-order valence-electron chi connectivity index (χ2n) is 10.0. The number of carbonyl (C=O) groups is 2. The highest BCUT2D eigenvalue weighted by Gasteiger charge is 2.37. The van der Waals surface area contributed by atoms with Crippen LogP contribution in [0.3, 0.4) is 0 Å². The Kier molecular flexibility index (Phi) is 6.47. The van der Waals surface area contributed by atoms with Crippen molar-refractivity contribution in [3.8, 4) is 0 Å². The fraction of sp³-hybridized carbons (Fsp3) is 0.423. The van der Waals surface area contributed by atoms with Crippen LogP contribution in [0.25, 0.3) is 0 Å². The first-order valence-electron chi connectivity index (χ1n) is 12.7. The van der Waals surface area contributed by atoms with E-state index in [1.54, 1.807) is 21.9 Å². The van der Waals surface area contributed by atoms with Crippen LogP contribution in [0.1, 0.15) is 34.1 Å². The molecule has 1 aromatic carbocycles. The van der Waals surface area contributed by atoms with E-state index in [0.717, 1.165) is 43.3 Å². The molecule has 0 spiro atoms. The number of hydrogen-bond donors (Lipinski definition) is 1. The van der Waals surface area contributed by atoms with Gasteiger partial charge < -0.3 is 14.4 Å². The van der Waals surface area contributed by atoms with Crippen LogP contribution < -0.4 is 10.9 Å². The molecule has 2 bridgehead atoms. The number of pyridine rings is 1. The first-order chi connectivity index (χ1) is 18.0. The first kappa shape index (κ1) is 23.8. The minimum atomic E-state index is -0.255. The van der Waals surface area contributed by atoms with Gasteiger partial charge in [0.2, 0.25) is 0 Å². The van der Waals surface area contributed by atoms with Crippen LogP contribution in [0.5, 0.6) is 0 Å². The van der Waals surface area contributed by atoms with Crippen molar-refractivity contribution in [2.45, 2.75) is 25.4 Å². The summed E-state index contributed by atoms with van der Waals surface area (Å²) in [5, 5.41) is 7.35. The molecule has 3 aliphatic rings. The van der Waals surface area contributed by atoms with Gasteiger partial charge in [0.1, 0.15) is 0 Å². The molecule has 6 rings (SSSR count). The van der Waals surface area contributed by atoms with Gasteiger partial charge in [-0.3, -0.25) is 19.8 Å². The summed E-state index contributed by atoms with van der Waals surface area (Å²) in [4.78, 5) is 44.6. The van der Waals surface area contributed by atoms with Crippen molar-refractivity contribution < 1.29 is 9.59 Å². The highest BCUT2D eigenvalue weighted by Crippen LogP contribution is 2.35. The summed E-state index contributed by atoms with van der Waals surface area (Å²) in [6, 6.07) is 15.4. The molecule has 2 aromatic heterocycles. The van der Waals surface area contributed by atoms with Crippen LogP contribution >= 0.6 is 11.5 Å². The average Bonchev–Trinajstić information content (AvgIpc) is 3.38. The zero-order valence-electron chi connectivity index (χ0n) is 20.5. The molecule has 0 saturated carbocycles. The largest absolute Gasteiger partial charge is 0.335 e. The SMILES string of the molecule is O=C(Nc1snnc1C(=O)N1CCN(Cc2ccccc2)CC1)N1C[C@H]2C[C@H](C1)c1cccc(=O)n1C2. The minimum absolute atomic E-state index is 0.0184. The Morgan fingerprint density at radius 3 is 2.57 bits per heavy atom. The fourth-order valence-corrected chi connectivity index (χ4v) is 6.30. The minimum Gasteiger partial charge on any atom is -0.335 e. The third-order valence-corrected chi connectivity index (χ3v) is 8.23. The Bertz CT molecular complexity index is 1350. The topological polar surface area (TPSA) is 104 Å². The number of fused-ring (bicyclic) bond motifs is 4. The predicted octanol–water partition coefficient (Wildman–Crippen LogP) is 2.31. The predicted molar refractivity (Wildman–Crippen MR) is 140 cm³/mol. The molecular formula is C26H29N7O3S. The number of aromatic nitrogens is 3. The molecular weight excluding hydrogens is 490 g/mol. The molecule has 192 valence electrons. The van der Waals surface area contributed by atoms with Crippen LogP contribution in [-0.2, 0) is 13.1 Å². The molecule has 1 N–H and O–H groups in total. The van der Waals surface area contributed by atoms with Gasteiger partial charge >= 0.3 is 6.03 Å². The normalized spacial score (nSPS) is 21.4. The van der Waals surface area contributed by atoms with Gasteiger partial charge in [-0.25, -0.2) is 4.79 Å². The van der Waals surface area contributed by atoms with Crippen molar-refractivity contribution in [1.82, 2.24) is 28.9 Å². The number of carbonyl (C=O) groups excluding carboxylic acids is 2. The zero-order chi connectivity index (χ0) is 25.4. The van der Waals surface area contributed by atoms with Gasteiger partial charge in [0, 0.05) is 81.6 Å². The van der Waals surface area contributed by atoms with E-state index in [-0.39, 0.29) is 35.0 Å². The average molecular weight is 520 g/mol. The van der Waals surface area contributed by atoms with Gasteiger partial charge in [-0.05, 0) is 24.0 Å². The fourth-order valence-electron chi connectivity index (χ4n) is 5.75. The molecule has 3 aromatic rings. The maximum atomic E-state index is 13.2. The van der Waals surface area contributed by atoms with Gasteiger partial charge in [-0.15, -0.1) is 5.10 Å². The van der Waals surface area contributed by atoms with Crippen LogP contribution in [-0.4, -0.2) is 80.1 Å². The van der Waals surface area contributed by atoms with Crippen molar-refractivity contribution in [3.05, 3.63) is 75.8 Å². The molecule has 2 fully saturated rings. The van der Waals surface area contributed by atoms with Crippen molar-refractivity contribution in [2.24, 2.45) is 5.92 Å². The van der Waals surface area contributed by atoms with Gasteiger partial charge in [0.15, 0.2) is 10.7 Å². The Morgan fingerprint density at radius 1 is 0.946 bits per heavy atom. The third kappa shape index (κ3) is 4.88. The van der Waals surface area contributed by atoms with Crippen molar-refractivity contribution in [2.75, 3.05) is 44.6 Å². The number of amides is 3. The highest BCUT2D eigenvalue weighted by atomic mass is 32.1. The number of hydrogen-bond acceptors (Lipinski definition) is 7. The Morgan fingerprint density at radius 2 is 1.76 bits per heavy atom. The lowest BCUT2D eigenvalue weighted by molar-refractivity contribution is 0.0623. The van der Waals surface area contributed by atoms with E-state index >= 15 is 0 Å². The Labute approximate surface area is 218 Å². The van der Waals surface area contributed by atoms with Crippen LogP contribution in [0.15, 0.2) is 53.3 Å². The molecule has 2 saturated heterocycles. The van der Waals surface area contributed by atoms with E-state index in [1.165, 1.54) is 5.56 Å². The van der Waals surface area contributed by atoms with Gasteiger partial charge in [-0.1, -0.05) is 40.9 Å². The number of nitrogens with one attached hydrogen (secondary N) is 1. The molecule has 2 atom stereocenters. The van der Waals surface area contributed by atoms with Crippen LogP contribution in [0.4, 0.5) is 9.80 Å². The zero-order valence-corrected chi connectivity index (χ0v) is 21.3. The molecule has 10 nitrogen and oxygen atoms in total. The summed E-state index contributed by atoms with van der Waals surface area (Å²) in [5.74, 6) is 0.150. The van der Waals surface area contributed by atoms with Crippen LogP contribution in [0.2, 0.25) is 0 Å². The maximum Gasteiger partial charge on any atom is 0.322 e. The second kappa shape index (κ2) is 10.1. The summed E-state index contributed by atoms with van der Waals surface area (Å²) < 4.78 is 5.81. The number of nitrogens with zero attached hydrogens (tertiary/aromatic N) is 6. The van der Waals surface area contributed by atoms with Gasteiger partial charge in [0.25, 0.3) is 11.5 Å². The van der Waals surface area contributed by atoms with Gasteiger partial charge in [-0.2, -0.15) is 0 Å². The van der Waals surface area contributed by atoms with E-state index in [1.807, 2.05) is 28.8 Å². The Balaban J connectivity index is 1.08. The van der Waals surface area contributed by atoms with Crippen LogP contribution in [0, 0.1) is 5.92 Å². The summed E-state index contributed by atoms with van der Waals surface area (Å²) in [6.45, 7) is 5.35. The van der Waals surface area contributed by atoms with Crippen molar-refractivity contribution in [3.63, 3.8) is 0 Å².